The van der Waals surface area contributed by atoms with E-state index in [1.807, 2.05) is 24.3 Å². The van der Waals surface area contributed by atoms with Crippen LogP contribution in [-0.4, -0.2) is 21.6 Å². The lowest BCUT2D eigenvalue weighted by atomic mass is 10.2. The largest absolute Gasteiger partial charge is 0.337 e. The summed E-state index contributed by atoms with van der Waals surface area (Å²) in [7, 11) is 0. The van der Waals surface area contributed by atoms with E-state index in [4.69, 9.17) is 0 Å². The molecule has 2 aromatic carbocycles. The van der Waals surface area contributed by atoms with E-state index in [1.165, 1.54) is 12.1 Å². The van der Waals surface area contributed by atoms with Crippen molar-refractivity contribution in [3.05, 3.63) is 63.2 Å². The molecule has 3 rings (SSSR count). The molecule has 1 aromatic heterocycles. The Labute approximate surface area is 145 Å². The Bertz CT molecular complexity index is 931. The average molecular weight is 386 g/mol. The molecular weight excluding hydrogens is 374 g/mol. The maximum atomic E-state index is 12.2. The van der Waals surface area contributed by atoms with Crippen LogP contribution in [0.1, 0.15) is 23.1 Å². The maximum absolute atomic E-state index is 12.2. The van der Waals surface area contributed by atoms with Crippen molar-refractivity contribution in [2.45, 2.75) is 6.92 Å². The molecule has 0 spiro atoms. The van der Waals surface area contributed by atoms with Crippen molar-refractivity contribution >= 4 is 44.3 Å². The average Bonchev–Trinajstić information content (AvgIpc) is 3.03. The number of hydrogen-bond acceptors (Lipinski definition) is 5. The number of para-hydroxylation sites is 2. The third-order valence-corrected chi connectivity index (χ3v) is 3.85. The summed E-state index contributed by atoms with van der Waals surface area (Å²) in [5.74, 6) is 0.0286. The second-order valence-corrected chi connectivity index (χ2v) is 5.91. The van der Waals surface area contributed by atoms with Crippen LogP contribution < -0.4 is 5.43 Å². The first-order chi connectivity index (χ1) is 11.6. The van der Waals surface area contributed by atoms with Crippen molar-refractivity contribution in [1.82, 2.24) is 15.4 Å². The van der Waals surface area contributed by atoms with Crippen LogP contribution in [-0.2, 0) is 0 Å². The smallest absolute Gasteiger partial charge is 0.273 e. The van der Waals surface area contributed by atoms with Gasteiger partial charge in [-0.05, 0) is 42.4 Å². The number of hydrogen-bond donors (Lipinski definition) is 2. The van der Waals surface area contributed by atoms with Gasteiger partial charge in [-0.15, -0.1) is 4.91 Å². The standard InChI is InChI=1S/C16H12BrN5O2/c1-9(15-18-13-4-2-3-5-14(13)19-15)20-21-16(23)11-8-10(17)6-7-12(11)22-24/h2-8H,1H3,(H,18,19)(H,21,23)/b20-9+. The summed E-state index contributed by atoms with van der Waals surface area (Å²) in [5, 5.41) is 6.88. The van der Waals surface area contributed by atoms with E-state index in [-0.39, 0.29) is 11.3 Å². The third-order valence-electron chi connectivity index (χ3n) is 3.36. The number of aromatic nitrogens is 2. The first kappa shape index (κ1) is 16.0. The molecule has 24 heavy (non-hydrogen) atoms. The van der Waals surface area contributed by atoms with Crippen LogP contribution in [0.3, 0.4) is 0 Å². The Morgan fingerprint density at radius 1 is 1.25 bits per heavy atom. The van der Waals surface area contributed by atoms with Gasteiger partial charge in [-0.3, -0.25) is 4.79 Å². The van der Waals surface area contributed by atoms with Crippen molar-refractivity contribution in [3.8, 4) is 0 Å². The number of rotatable bonds is 4. The van der Waals surface area contributed by atoms with E-state index in [0.29, 0.717) is 16.0 Å². The summed E-state index contributed by atoms with van der Waals surface area (Å²) >= 11 is 3.26. The van der Waals surface area contributed by atoms with E-state index in [1.54, 1.807) is 13.0 Å². The molecule has 1 heterocycles. The molecule has 1 amide bonds. The van der Waals surface area contributed by atoms with Crippen molar-refractivity contribution in [3.63, 3.8) is 0 Å². The van der Waals surface area contributed by atoms with E-state index in [0.717, 1.165) is 11.0 Å². The summed E-state index contributed by atoms with van der Waals surface area (Å²) in [5.41, 5.74) is 4.81. The Kier molecular flexibility index (Phi) is 4.48. The molecule has 7 nitrogen and oxygen atoms in total. The Balaban J connectivity index is 1.83. The van der Waals surface area contributed by atoms with Crippen LogP contribution in [0.4, 0.5) is 5.69 Å². The van der Waals surface area contributed by atoms with Gasteiger partial charge in [-0.25, -0.2) is 10.4 Å². The number of aromatic amines is 1. The van der Waals surface area contributed by atoms with Crippen molar-refractivity contribution in [1.29, 1.82) is 0 Å². The van der Waals surface area contributed by atoms with Crippen LogP contribution in [0.5, 0.6) is 0 Å². The minimum absolute atomic E-state index is 0.0484. The number of imidazole rings is 1. The van der Waals surface area contributed by atoms with Gasteiger partial charge in [0.1, 0.15) is 11.4 Å². The molecule has 120 valence electrons. The molecular formula is C16H12BrN5O2. The van der Waals surface area contributed by atoms with Gasteiger partial charge in [0.15, 0.2) is 5.82 Å². The Hall–Kier alpha value is -2.87. The number of fused-ring (bicyclic) bond motifs is 1. The highest BCUT2D eigenvalue weighted by Crippen LogP contribution is 2.23. The van der Waals surface area contributed by atoms with Gasteiger partial charge in [0.05, 0.1) is 16.6 Å². The number of carbonyl (C=O) groups is 1. The van der Waals surface area contributed by atoms with Gasteiger partial charge in [0, 0.05) is 4.47 Å². The fourth-order valence-electron chi connectivity index (χ4n) is 2.14. The van der Waals surface area contributed by atoms with Crippen molar-refractivity contribution < 1.29 is 4.79 Å². The number of H-pyrrole nitrogens is 1. The SMILES string of the molecule is C/C(=N\NC(=O)c1cc(Br)ccc1N=O)c1nc2ccccc2[nH]1. The number of nitroso groups, excluding NO2 is 1. The maximum Gasteiger partial charge on any atom is 0.273 e. The fourth-order valence-corrected chi connectivity index (χ4v) is 2.50. The van der Waals surface area contributed by atoms with E-state index in [2.05, 4.69) is 41.6 Å². The monoisotopic (exact) mass is 385 g/mol. The zero-order valence-corrected chi connectivity index (χ0v) is 14.2. The van der Waals surface area contributed by atoms with Crippen molar-refractivity contribution in [2.75, 3.05) is 0 Å². The number of amides is 1. The number of halogens is 1. The van der Waals surface area contributed by atoms with Crippen LogP contribution in [0, 0.1) is 4.91 Å². The lowest BCUT2D eigenvalue weighted by molar-refractivity contribution is 0.0955. The predicted octanol–water partition coefficient (Wildman–Crippen LogP) is 3.88. The second kappa shape index (κ2) is 6.71. The van der Waals surface area contributed by atoms with Crippen molar-refractivity contribution in [2.24, 2.45) is 10.3 Å². The van der Waals surface area contributed by atoms with Crippen LogP contribution in [0.15, 0.2) is 57.2 Å². The highest BCUT2D eigenvalue weighted by molar-refractivity contribution is 9.10. The molecule has 2 N–H and O–H groups in total. The predicted molar refractivity (Wildman–Crippen MR) is 95.4 cm³/mol. The van der Waals surface area contributed by atoms with Crippen LogP contribution >= 0.6 is 15.9 Å². The quantitative estimate of drug-likeness (QED) is 0.404. The minimum atomic E-state index is -0.527. The molecule has 0 aliphatic carbocycles. The third kappa shape index (κ3) is 3.23. The number of carbonyl (C=O) groups excluding carboxylic acids is 1. The zero-order valence-electron chi connectivity index (χ0n) is 12.6. The molecule has 0 saturated carbocycles. The van der Waals surface area contributed by atoms with Crippen LogP contribution in [0.2, 0.25) is 0 Å². The van der Waals surface area contributed by atoms with Gasteiger partial charge in [-0.1, -0.05) is 28.1 Å². The minimum Gasteiger partial charge on any atom is -0.337 e. The first-order valence-electron chi connectivity index (χ1n) is 7.01. The van der Waals surface area contributed by atoms with Gasteiger partial charge >= 0.3 is 0 Å². The number of nitrogens with zero attached hydrogens (tertiary/aromatic N) is 3. The Morgan fingerprint density at radius 3 is 2.79 bits per heavy atom. The van der Waals surface area contributed by atoms with Gasteiger partial charge < -0.3 is 4.98 Å². The molecule has 0 saturated heterocycles. The summed E-state index contributed by atoms with van der Waals surface area (Å²) in [6, 6.07) is 12.2. The van der Waals surface area contributed by atoms with Gasteiger partial charge in [-0.2, -0.15) is 5.10 Å². The lowest BCUT2D eigenvalue weighted by Crippen LogP contribution is -2.19. The summed E-state index contributed by atoms with van der Waals surface area (Å²) in [4.78, 5) is 30.5. The molecule has 3 aromatic rings. The molecule has 0 radical (unpaired) electrons. The Morgan fingerprint density at radius 2 is 2.04 bits per heavy atom. The second-order valence-electron chi connectivity index (χ2n) is 4.99. The number of hydrazone groups is 1. The van der Waals surface area contributed by atoms with Gasteiger partial charge in [0.25, 0.3) is 5.91 Å². The first-order valence-corrected chi connectivity index (χ1v) is 7.80. The number of nitrogens with one attached hydrogen (secondary N) is 2. The van der Waals surface area contributed by atoms with Gasteiger partial charge in [0.2, 0.25) is 0 Å². The molecule has 0 unspecified atom stereocenters. The normalized spacial score (nSPS) is 11.5. The number of benzene rings is 2. The summed E-state index contributed by atoms with van der Waals surface area (Å²) in [6.07, 6.45) is 0. The molecule has 8 heteroatoms. The molecule has 0 aliphatic heterocycles. The summed E-state index contributed by atoms with van der Waals surface area (Å²) < 4.78 is 0.665. The lowest BCUT2D eigenvalue weighted by Gasteiger charge is -2.03. The zero-order chi connectivity index (χ0) is 17.1. The molecule has 0 bridgehead atoms. The van der Waals surface area contributed by atoms with E-state index >= 15 is 0 Å². The fraction of sp³-hybridized carbons (Fsp3) is 0.0625. The molecule has 0 fully saturated rings. The van der Waals surface area contributed by atoms with E-state index < -0.39 is 5.91 Å². The highest BCUT2D eigenvalue weighted by atomic mass is 79.9. The molecule has 0 atom stereocenters. The van der Waals surface area contributed by atoms with E-state index in [9.17, 15) is 9.70 Å². The van der Waals surface area contributed by atoms with Crippen LogP contribution in [0.25, 0.3) is 11.0 Å². The highest BCUT2D eigenvalue weighted by Gasteiger charge is 2.13. The summed E-state index contributed by atoms with van der Waals surface area (Å²) in [6.45, 7) is 1.72. The topological polar surface area (TPSA) is 99.6 Å². The molecule has 0 aliphatic rings.